The Morgan fingerprint density at radius 3 is 2.57 bits per heavy atom. The summed E-state index contributed by atoms with van der Waals surface area (Å²) >= 11 is 0. The van der Waals surface area contributed by atoms with Gasteiger partial charge in [0.1, 0.15) is 6.61 Å². The molecule has 0 radical (unpaired) electrons. The van der Waals surface area contributed by atoms with E-state index < -0.39 is 0 Å². The molecule has 1 aromatic heterocycles. The highest BCUT2D eigenvalue weighted by atomic mass is 16.5. The van der Waals surface area contributed by atoms with Crippen LogP contribution in [-0.2, 0) is 13.2 Å². The average molecular weight is 314 g/mol. The lowest BCUT2D eigenvalue weighted by atomic mass is 10.2. The molecule has 0 fully saturated rings. The van der Waals surface area contributed by atoms with E-state index in [0.29, 0.717) is 6.61 Å². The van der Waals surface area contributed by atoms with E-state index in [0.717, 1.165) is 30.2 Å². The molecule has 0 aliphatic rings. The first kappa shape index (κ1) is 17.3. The molecule has 0 spiro atoms. The molecule has 23 heavy (non-hydrogen) atoms. The lowest BCUT2D eigenvalue weighted by Crippen LogP contribution is -2.14. The van der Waals surface area contributed by atoms with Gasteiger partial charge in [0.15, 0.2) is 11.5 Å². The molecule has 1 N–H and O–H groups in total. The molecule has 1 aromatic carbocycles. The molecule has 0 aliphatic heterocycles. The molecule has 0 bridgehead atoms. The van der Waals surface area contributed by atoms with Crippen molar-refractivity contribution in [1.29, 1.82) is 0 Å². The summed E-state index contributed by atoms with van der Waals surface area (Å²) < 4.78 is 11.3. The Kier molecular flexibility index (Phi) is 7.40. The van der Waals surface area contributed by atoms with Crippen molar-refractivity contribution in [1.82, 2.24) is 10.3 Å². The predicted octanol–water partition coefficient (Wildman–Crippen LogP) is 3.95. The van der Waals surface area contributed by atoms with E-state index >= 15 is 0 Å². The number of pyridine rings is 1. The molecule has 2 aromatic rings. The Balaban J connectivity index is 1.88. The summed E-state index contributed by atoms with van der Waals surface area (Å²) in [6, 6.07) is 9.98. The number of hydrogen-bond donors (Lipinski definition) is 1. The summed E-state index contributed by atoms with van der Waals surface area (Å²) in [5, 5.41) is 3.46. The third-order valence-electron chi connectivity index (χ3n) is 3.66. The largest absolute Gasteiger partial charge is 0.493 e. The summed E-state index contributed by atoms with van der Waals surface area (Å²) in [6.07, 6.45) is 7.28. The van der Waals surface area contributed by atoms with E-state index in [1.807, 2.05) is 24.3 Å². The van der Waals surface area contributed by atoms with Gasteiger partial charge in [-0.3, -0.25) is 4.98 Å². The minimum atomic E-state index is 0.507. The standard InChI is InChI=1S/C19H26N2O2/c1-3-4-5-10-21-14-17-6-7-18(19(13-17)22-2)23-15-16-8-11-20-12-9-16/h6-9,11-13,21H,3-5,10,14-15H2,1-2H3. The average Bonchev–Trinajstić information content (AvgIpc) is 2.61. The molecular weight excluding hydrogens is 288 g/mol. The van der Waals surface area contributed by atoms with Gasteiger partial charge in [0, 0.05) is 18.9 Å². The van der Waals surface area contributed by atoms with Crippen molar-refractivity contribution in [2.75, 3.05) is 13.7 Å². The Morgan fingerprint density at radius 1 is 1.00 bits per heavy atom. The second-order valence-corrected chi connectivity index (χ2v) is 5.51. The van der Waals surface area contributed by atoms with Gasteiger partial charge < -0.3 is 14.8 Å². The number of rotatable bonds is 10. The van der Waals surface area contributed by atoms with Gasteiger partial charge in [-0.05, 0) is 48.4 Å². The lowest BCUT2D eigenvalue weighted by molar-refractivity contribution is 0.284. The fourth-order valence-corrected chi connectivity index (χ4v) is 2.31. The topological polar surface area (TPSA) is 43.4 Å². The Hall–Kier alpha value is -2.07. The fraction of sp³-hybridized carbons (Fsp3) is 0.421. The second-order valence-electron chi connectivity index (χ2n) is 5.51. The van der Waals surface area contributed by atoms with Gasteiger partial charge >= 0.3 is 0 Å². The maximum atomic E-state index is 5.85. The Bertz CT molecular complexity index is 573. The highest BCUT2D eigenvalue weighted by molar-refractivity contribution is 5.43. The van der Waals surface area contributed by atoms with Crippen LogP contribution >= 0.6 is 0 Å². The van der Waals surface area contributed by atoms with Gasteiger partial charge in [0.2, 0.25) is 0 Å². The number of benzene rings is 1. The van der Waals surface area contributed by atoms with Crippen LogP contribution in [-0.4, -0.2) is 18.6 Å². The number of nitrogens with zero attached hydrogens (tertiary/aromatic N) is 1. The summed E-state index contributed by atoms with van der Waals surface area (Å²) in [7, 11) is 1.67. The van der Waals surface area contributed by atoms with Crippen LogP contribution in [0.5, 0.6) is 11.5 Å². The Morgan fingerprint density at radius 2 is 1.83 bits per heavy atom. The van der Waals surface area contributed by atoms with Crippen molar-refractivity contribution in [2.45, 2.75) is 39.3 Å². The first-order valence-corrected chi connectivity index (χ1v) is 8.22. The van der Waals surface area contributed by atoms with Gasteiger partial charge in [-0.15, -0.1) is 0 Å². The van der Waals surface area contributed by atoms with Crippen LogP contribution < -0.4 is 14.8 Å². The van der Waals surface area contributed by atoms with Crippen molar-refractivity contribution in [2.24, 2.45) is 0 Å². The smallest absolute Gasteiger partial charge is 0.161 e. The zero-order valence-corrected chi connectivity index (χ0v) is 14.0. The summed E-state index contributed by atoms with van der Waals surface area (Å²) in [5.41, 5.74) is 2.29. The molecule has 0 aliphatic carbocycles. The molecule has 0 saturated carbocycles. The van der Waals surface area contributed by atoms with Crippen LogP contribution in [0.2, 0.25) is 0 Å². The van der Waals surface area contributed by atoms with E-state index in [2.05, 4.69) is 23.3 Å². The first-order chi connectivity index (χ1) is 11.3. The fourth-order valence-electron chi connectivity index (χ4n) is 2.31. The van der Waals surface area contributed by atoms with E-state index in [9.17, 15) is 0 Å². The maximum Gasteiger partial charge on any atom is 0.161 e. The summed E-state index contributed by atoms with van der Waals surface area (Å²) in [5.74, 6) is 1.53. The van der Waals surface area contributed by atoms with E-state index in [1.165, 1.54) is 24.8 Å². The van der Waals surface area contributed by atoms with E-state index in [4.69, 9.17) is 9.47 Å². The third kappa shape index (κ3) is 5.91. The zero-order valence-electron chi connectivity index (χ0n) is 14.0. The lowest BCUT2D eigenvalue weighted by Gasteiger charge is -2.12. The number of aromatic nitrogens is 1. The van der Waals surface area contributed by atoms with Gasteiger partial charge in [-0.2, -0.15) is 0 Å². The number of ether oxygens (including phenoxy) is 2. The Labute approximate surface area is 138 Å². The maximum absolute atomic E-state index is 5.85. The van der Waals surface area contributed by atoms with Crippen LogP contribution in [0.15, 0.2) is 42.7 Å². The summed E-state index contributed by atoms with van der Waals surface area (Å²) in [6.45, 7) is 4.63. The SMILES string of the molecule is CCCCCNCc1ccc(OCc2ccncc2)c(OC)c1. The van der Waals surface area contributed by atoms with Crippen LogP contribution in [0.4, 0.5) is 0 Å². The van der Waals surface area contributed by atoms with Crippen LogP contribution in [0.25, 0.3) is 0 Å². The van der Waals surface area contributed by atoms with Crippen molar-refractivity contribution >= 4 is 0 Å². The molecule has 4 nitrogen and oxygen atoms in total. The molecule has 0 atom stereocenters. The number of methoxy groups -OCH3 is 1. The van der Waals surface area contributed by atoms with Crippen LogP contribution in [0, 0.1) is 0 Å². The number of nitrogens with one attached hydrogen (secondary N) is 1. The number of hydrogen-bond acceptors (Lipinski definition) is 4. The van der Waals surface area contributed by atoms with Crippen molar-refractivity contribution in [3.8, 4) is 11.5 Å². The second kappa shape index (κ2) is 9.85. The predicted molar refractivity (Wildman–Crippen MR) is 92.8 cm³/mol. The van der Waals surface area contributed by atoms with Crippen LogP contribution in [0.3, 0.4) is 0 Å². The quantitative estimate of drug-likeness (QED) is 0.674. The first-order valence-electron chi connectivity index (χ1n) is 8.22. The molecule has 4 heteroatoms. The normalized spacial score (nSPS) is 10.5. The molecule has 0 saturated heterocycles. The van der Waals surface area contributed by atoms with Crippen LogP contribution in [0.1, 0.15) is 37.3 Å². The minimum Gasteiger partial charge on any atom is -0.493 e. The molecule has 2 rings (SSSR count). The number of unbranched alkanes of at least 4 members (excludes halogenated alkanes) is 2. The minimum absolute atomic E-state index is 0.507. The van der Waals surface area contributed by atoms with E-state index in [1.54, 1.807) is 19.5 Å². The monoisotopic (exact) mass is 314 g/mol. The molecular formula is C19H26N2O2. The van der Waals surface area contributed by atoms with Crippen molar-refractivity contribution < 1.29 is 9.47 Å². The van der Waals surface area contributed by atoms with Crippen molar-refractivity contribution in [3.05, 3.63) is 53.9 Å². The summed E-state index contributed by atoms with van der Waals surface area (Å²) in [4.78, 5) is 4.01. The van der Waals surface area contributed by atoms with E-state index in [-0.39, 0.29) is 0 Å². The van der Waals surface area contributed by atoms with Gasteiger partial charge in [-0.1, -0.05) is 25.8 Å². The molecule has 124 valence electrons. The highest BCUT2D eigenvalue weighted by Gasteiger charge is 2.06. The van der Waals surface area contributed by atoms with Gasteiger partial charge in [0.05, 0.1) is 7.11 Å². The van der Waals surface area contributed by atoms with Gasteiger partial charge in [0.25, 0.3) is 0 Å². The molecule has 1 heterocycles. The third-order valence-corrected chi connectivity index (χ3v) is 3.66. The van der Waals surface area contributed by atoms with Crippen molar-refractivity contribution in [3.63, 3.8) is 0 Å². The molecule has 0 unspecified atom stereocenters. The molecule has 0 amide bonds. The van der Waals surface area contributed by atoms with Gasteiger partial charge in [-0.25, -0.2) is 0 Å². The highest BCUT2D eigenvalue weighted by Crippen LogP contribution is 2.28. The zero-order chi connectivity index (χ0) is 16.3.